The predicted octanol–water partition coefficient (Wildman–Crippen LogP) is 2.86. The van der Waals surface area contributed by atoms with E-state index >= 15 is 0 Å². The second-order valence-electron chi connectivity index (χ2n) is 6.69. The standard InChI is InChI=1S/C22H19BN2O3/c24-12-17-2-1-3-18(10-17)14-25-13-16-4-6-20(7-5-16)28-21-8-9-22-19(11-21)15-27-23(22)26/h1-11,25-26H,13-15H2. The van der Waals surface area contributed by atoms with Crippen molar-refractivity contribution in [3.63, 3.8) is 0 Å². The highest BCUT2D eigenvalue weighted by Crippen LogP contribution is 2.24. The van der Waals surface area contributed by atoms with Crippen molar-refractivity contribution in [1.82, 2.24) is 5.32 Å². The maximum Gasteiger partial charge on any atom is 0.491 e. The highest BCUT2D eigenvalue weighted by molar-refractivity contribution is 6.61. The summed E-state index contributed by atoms with van der Waals surface area (Å²) in [7, 11) is -0.835. The van der Waals surface area contributed by atoms with Crippen molar-refractivity contribution in [3.8, 4) is 17.6 Å². The molecule has 0 saturated heterocycles. The van der Waals surface area contributed by atoms with E-state index in [1.54, 1.807) is 6.07 Å². The van der Waals surface area contributed by atoms with Crippen molar-refractivity contribution in [2.45, 2.75) is 19.7 Å². The summed E-state index contributed by atoms with van der Waals surface area (Å²) in [6.07, 6.45) is 0. The van der Waals surface area contributed by atoms with E-state index in [9.17, 15) is 5.02 Å². The molecule has 0 spiro atoms. The van der Waals surface area contributed by atoms with Gasteiger partial charge in [-0.1, -0.05) is 30.3 Å². The van der Waals surface area contributed by atoms with Crippen LogP contribution in [-0.2, 0) is 24.4 Å². The molecule has 3 aromatic carbocycles. The van der Waals surface area contributed by atoms with Crippen LogP contribution in [0.1, 0.15) is 22.3 Å². The molecule has 28 heavy (non-hydrogen) atoms. The third-order valence-electron chi connectivity index (χ3n) is 4.65. The van der Waals surface area contributed by atoms with Gasteiger partial charge in [0.05, 0.1) is 18.2 Å². The van der Waals surface area contributed by atoms with Crippen molar-refractivity contribution in [3.05, 3.63) is 89.0 Å². The van der Waals surface area contributed by atoms with Gasteiger partial charge in [-0.05, 0) is 58.6 Å². The third kappa shape index (κ3) is 4.24. The highest BCUT2D eigenvalue weighted by Gasteiger charge is 2.27. The van der Waals surface area contributed by atoms with Crippen LogP contribution in [0.2, 0.25) is 0 Å². The van der Waals surface area contributed by atoms with Crippen LogP contribution in [0.4, 0.5) is 0 Å². The van der Waals surface area contributed by atoms with E-state index in [0.717, 1.165) is 40.2 Å². The summed E-state index contributed by atoms with van der Waals surface area (Å²) in [6.45, 7) is 1.83. The molecule has 0 amide bonds. The quantitative estimate of drug-likeness (QED) is 0.653. The minimum absolute atomic E-state index is 0.398. The lowest BCUT2D eigenvalue weighted by Gasteiger charge is -2.09. The van der Waals surface area contributed by atoms with Gasteiger partial charge in [0, 0.05) is 13.1 Å². The summed E-state index contributed by atoms with van der Waals surface area (Å²) in [5.41, 5.74) is 4.66. The molecule has 0 unspecified atom stereocenters. The molecule has 6 heteroatoms. The van der Waals surface area contributed by atoms with E-state index in [4.69, 9.17) is 14.7 Å². The van der Waals surface area contributed by atoms with Crippen molar-refractivity contribution >= 4 is 12.6 Å². The molecule has 1 aliphatic heterocycles. The summed E-state index contributed by atoms with van der Waals surface area (Å²) in [6, 6.07) is 23.2. The number of hydrogen-bond donors (Lipinski definition) is 2. The Hall–Kier alpha value is -3.11. The number of ether oxygens (including phenoxy) is 1. The Balaban J connectivity index is 1.32. The second kappa shape index (κ2) is 8.28. The molecule has 1 aliphatic rings. The van der Waals surface area contributed by atoms with Gasteiger partial charge in [0.25, 0.3) is 0 Å². The fraction of sp³-hybridized carbons (Fsp3) is 0.136. The van der Waals surface area contributed by atoms with Crippen molar-refractivity contribution in [1.29, 1.82) is 5.26 Å². The van der Waals surface area contributed by atoms with E-state index in [0.29, 0.717) is 18.7 Å². The van der Waals surface area contributed by atoms with Gasteiger partial charge in [-0.15, -0.1) is 0 Å². The zero-order chi connectivity index (χ0) is 19.3. The Bertz CT molecular complexity index is 1020. The Morgan fingerprint density at radius 2 is 1.79 bits per heavy atom. The SMILES string of the molecule is N#Cc1cccc(CNCc2ccc(Oc3ccc4c(c3)COB4O)cc2)c1. The van der Waals surface area contributed by atoms with Crippen LogP contribution >= 0.6 is 0 Å². The van der Waals surface area contributed by atoms with Crippen molar-refractivity contribution in [2.75, 3.05) is 0 Å². The van der Waals surface area contributed by atoms with Crippen LogP contribution in [0.15, 0.2) is 66.7 Å². The third-order valence-corrected chi connectivity index (χ3v) is 4.65. The molecule has 0 fully saturated rings. The minimum Gasteiger partial charge on any atom is -0.457 e. The van der Waals surface area contributed by atoms with E-state index in [1.807, 2.05) is 60.7 Å². The highest BCUT2D eigenvalue weighted by atomic mass is 16.5. The van der Waals surface area contributed by atoms with Crippen LogP contribution in [0, 0.1) is 11.3 Å². The first-order valence-corrected chi connectivity index (χ1v) is 9.10. The Kier molecular flexibility index (Phi) is 5.40. The van der Waals surface area contributed by atoms with Gasteiger partial charge in [-0.2, -0.15) is 5.26 Å². The first kappa shape index (κ1) is 18.3. The summed E-state index contributed by atoms with van der Waals surface area (Å²) in [4.78, 5) is 0. The number of nitrogens with zero attached hydrogens (tertiary/aromatic N) is 1. The lowest BCUT2D eigenvalue weighted by molar-refractivity contribution is 0.275. The Labute approximate surface area is 164 Å². The predicted molar refractivity (Wildman–Crippen MR) is 107 cm³/mol. The smallest absolute Gasteiger partial charge is 0.457 e. The van der Waals surface area contributed by atoms with Gasteiger partial charge in [0.2, 0.25) is 0 Å². The van der Waals surface area contributed by atoms with Crippen LogP contribution in [-0.4, -0.2) is 12.1 Å². The number of hydrogen-bond acceptors (Lipinski definition) is 5. The molecule has 4 rings (SSSR count). The molecular formula is C22H19BN2O3. The molecular weight excluding hydrogens is 351 g/mol. The zero-order valence-electron chi connectivity index (χ0n) is 15.3. The average Bonchev–Trinajstić information content (AvgIpc) is 3.10. The molecule has 2 N–H and O–H groups in total. The van der Waals surface area contributed by atoms with E-state index < -0.39 is 7.12 Å². The molecule has 1 heterocycles. The van der Waals surface area contributed by atoms with E-state index in [-0.39, 0.29) is 0 Å². The molecule has 0 aliphatic carbocycles. The summed E-state index contributed by atoms with van der Waals surface area (Å²) < 4.78 is 11.1. The molecule has 0 bridgehead atoms. The lowest BCUT2D eigenvalue weighted by Crippen LogP contribution is -2.27. The van der Waals surface area contributed by atoms with Crippen molar-refractivity contribution < 1.29 is 14.4 Å². The first-order valence-electron chi connectivity index (χ1n) is 9.10. The Morgan fingerprint density at radius 3 is 2.61 bits per heavy atom. The van der Waals surface area contributed by atoms with E-state index in [2.05, 4.69) is 11.4 Å². The second-order valence-corrected chi connectivity index (χ2v) is 6.69. The van der Waals surface area contributed by atoms with Crippen LogP contribution in [0.25, 0.3) is 0 Å². The van der Waals surface area contributed by atoms with Gasteiger partial charge in [-0.25, -0.2) is 0 Å². The monoisotopic (exact) mass is 370 g/mol. The van der Waals surface area contributed by atoms with E-state index in [1.165, 1.54) is 0 Å². The summed E-state index contributed by atoms with van der Waals surface area (Å²) >= 11 is 0. The molecule has 5 nitrogen and oxygen atoms in total. The molecule has 0 aromatic heterocycles. The Morgan fingerprint density at radius 1 is 1.00 bits per heavy atom. The maximum absolute atomic E-state index is 9.68. The number of benzene rings is 3. The van der Waals surface area contributed by atoms with Crippen LogP contribution in [0.5, 0.6) is 11.5 Å². The zero-order valence-corrected chi connectivity index (χ0v) is 15.3. The number of rotatable bonds is 6. The lowest BCUT2D eigenvalue weighted by atomic mass is 9.80. The van der Waals surface area contributed by atoms with Gasteiger partial charge in [0.15, 0.2) is 0 Å². The van der Waals surface area contributed by atoms with Crippen LogP contribution < -0.4 is 15.5 Å². The molecule has 0 atom stereocenters. The number of fused-ring (bicyclic) bond motifs is 1. The topological polar surface area (TPSA) is 74.5 Å². The first-order chi connectivity index (χ1) is 13.7. The van der Waals surface area contributed by atoms with Gasteiger partial charge in [-0.3, -0.25) is 0 Å². The fourth-order valence-corrected chi connectivity index (χ4v) is 3.18. The maximum atomic E-state index is 9.68. The molecule has 138 valence electrons. The fourth-order valence-electron chi connectivity index (χ4n) is 3.18. The normalized spacial score (nSPS) is 12.5. The summed E-state index contributed by atoms with van der Waals surface area (Å²) in [5.74, 6) is 1.48. The van der Waals surface area contributed by atoms with Gasteiger partial charge >= 0.3 is 7.12 Å². The van der Waals surface area contributed by atoms with Crippen LogP contribution in [0.3, 0.4) is 0 Å². The van der Waals surface area contributed by atoms with Gasteiger partial charge in [0.1, 0.15) is 11.5 Å². The molecule has 3 aromatic rings. The largest absolute Gasteiger partial charge is 0.491 e. The minimum atomic E-state index is -0.835. The van der Waals surface area contributed by atoms with Crippen molar-refractivity contribution in [2.24, 2.45) is 0 Å². The average molecular weight is 370 g/mol. The summed E-state index contributed by atoms with van der Waals surface area (Å²) in [5, 5.41) is 22.0. The molecule has 0 saturated carbocycles. The number of nitrogens with one attached hydrogen (secondary N) is 1. The number of nitriles is 1. The van der Waals surface area contributed by atoms with Gasteiger partial charge < -0.3 is 19.7 Å². The molecule has 0 radical (unpaired) electrons.